The number of hydrogen-bond acceptors (Lipinski definition) is 2. The molecule has 0 unspecified atom stereocenters. The molecule has 0 spiro atoms. The summed E-state index contributed by atoms with van der Waals surface area (Å²) in [6, 6.07) is 5.93. The number of carbonyl (C=O) groups is 2. The van der Waals surface area contributed by atoms with Gasteiger partial charge in [0.05, 0.1) is 6.42 Å². The van der Waals surface area contributed by atoms with Crippen molar-refractivity contribution in [3.05, 3.63) is 35.6 Å². The SMILES string of the molecule is CC1(C)[C@H]2CN(C(=O)NCCNC(=O)Cc3cccc(F)c3)C[C@@H]21. The summed E-state index contributed by atoms with van der Waals surface area (Å²) in [5, 5.41) is 5.57. The second-order valence-electron chi connectivity index (χ2n) is 7.33. The zero-order valence-electron chi connectivity index (χ0n) is 14.1. The van der Waals surface area contributed by atoms with E-state index >= 15 is 0 Å². The minimum Gasteiger partial charge on any atom is -0.354 e. The summed E-state index contributed by atoms with van der Waals surface area (Å²) in [5.74, 6) is 0.738. The van der Waals surface area contributed by atoms with Gasteiger partial charge in [0, 0.05) is 26.2 Å². The van der Waals surface area contributed by atoms with E-state index < -0.39 is 0 Å². The summed E-state index contributed by atoms with van der Waals surface area (Å²) in [5.41, 5.74) is 1.03. The van der Waals surface area contributed by atoms with Gasteiger partial charge in [-0.15, -0.1) is 0 Å². The van der Waals surface area contributed by atoms with Gasteiger partial charge in [0.1, 0.15) is 5.82 Å². The van der Waals surface area contributed by atoms with Crippen LogP contribution < -0.4 is 10.6 Å². The Morgan fingerprint density at radius 1 is 1.21 bits per heavy atom. The van der Waals surface area contributed by atoms with Crippen LogP contribution in [-0.4, -0.2) is 43.0 Å². The molecule has 1 saturated carbocycles. The number of rotatable bonds is 5. The molecule has 5 nitrogen and oxygen atoms in total. The van der Waals surface area contributed by atoms with Crippen LogP contribution in [0, 0.1) is 23.1 Å². The lowest BCUT2D eigenvalue weighted by Gasteiger charge is -2.22. The van der Waals surface area contributed by atoms with Gasteiger partial charge in [0.25, 0.3) is 0 Å². The van der Waals surface area contributed by atoms with Crippen LogP contribution in [0.25, 0.3) is 0 Å². The van der Waals surface area contributed by atoms with Crippen LogP contribution in [-0.2, 0) is 11.2 Å². The van der Waals surface area contributed by atoms with E-state index in [2.05, 4.69) is 24.5 Å². The third-order valence-electron chi connectivity index (χ3n) is 5.39. The van der Waals surface area contributed by atoms with E-state index in [1.54, 1.807) is 12.1 Å². The van der Waals surface area contributed by atoms with E-state index in [9.17, 15) is 14.0 Å². The Kier molecular flexibility index (Phi) is 4.47. The van der Waals surface area contributed by atoms with E-state index in [1.165, 1.54) is 12.1 Å². The molecule has 0 radical (unpaired) electrons. The van der Waals surface area contributed by atoms with Crippen molar-refractivity contribution in [2.24, 2.45) is 17.3 Å². The summed E-state index contributed by atoms with van der Waals surface area (Å²) in [6.07, 6.45) is 0.135. The number of piperidine rings is 1. The zero-order chi connectivity index (χ0) is 17.3. The van der Waals surface area contributed by atoms with Crippen LogP contribution in [0.4, 0.5) is 9.18 Å². The molecule has 1 saturated heterocycles. The van der Waals surface area contributed by atoms with Crippen molar-refractivity contribution in [2.45, 2.75) is 20.3 Å². The fourth-order valence-corrected chi connectivity index (χ4v) is 3.68. The monoisotopic (exact) mass is 333 g/mol. The van der Waals surface area contributed by atoms with Crippen LogP contribution >= 0.6 is 0 Å². The summed E-state index contributed by atoms with van der Waals surface area (Å²) < 4.78 is 13.1. The molecule has 1 aliphatic carbocycles. The highest BCUT2D eigenvalue weighted by Gasteiger charge is 2.62. The van der Waals surface area contributed by atoms with E-state index in [1.807, 2.05) is 4.90 Å². The molecule has 1 aromatic rings. The first-order valence-corrected chi connectivity index (χ1v) is 8.42. The minimum absolute atomic E-state index is 0.0580. The predicted octanol–water partition coefficient (Wildman–Crippen LogP) is 1.78. The van der Waals surface area contributed by atoms with E-state index in [0.717, 1.165) is 13.1 Å². The van der Waals surface area contributed by atoms with E-state index in [-0.39, 0.29) is 24.2 Å². The van der Waals surface area contributed by atoms with Crippen LogP contribution in [0.1, 0.15) is 19.4 Å². The first kappa shape index (κ1) is 16.7. The molecule has 2 fully saturated rings. The molecule has 0 aromatic heterocycles. The number of benzene rings is 1. The highest BCUT2D eigenvalue weighted by molar-refractivity contribution is 5.78. The first-order valence-electron chi connectivity index (χ1n) is 8.42. The molecule has 130 valence electrons. The van der Waals surface area contributed by atoms with Gasteiger partial charge in [-0.2, -0.15) is 0 Å². The predicted molar refractivity (Wildman–Crippen MR) is 88.8 cm³/mol. The molecule has 2 N–H and O–H groups in total. The number of amides is 3. The average Bonchev–Trinajstić information content (AvgIpc) is 2.90. The molecule has 1 aliphatic heterocycles. The lowest BCUT2D eigenvalue weighted by molar-refractivity contribution is -0.120. The standard InChI is InChI=1S/C18H24FN3O2/c1-18(2)14-10-22(11-15(14)18)17(24)21-7-6-20-16(23)9-12-4-3-5-13(19)8-12/h3-5,8,14-15H,6-7,9-11H2,1-2H3,(H,20,23)(H,21,24)/t14-,15-/m0/s1. The molecule has 1 aromatic carbocycles. The lowest BCUT2D eigenvalue weighted by atomic mass is 10.1. The number of fused-ring (bicyclic) bond motifs is 1. The Labute approximate surface area is 141 Å². The smallest absolute Gasteiger partial charge is 0.317 e. The minimum atomic E-state index is -0.348. The van der Waals surface area contributed by atoms with Gasteiger partial charge in [-0.25, -0.2) is 9.18 Å². The van der Waals surface area contributed by atoms with Gasteiger partial charge >= 0.3 is 6.03 Å². The third-order valence-corrected chi connectivity index (χ3v) is 5.39. The highest BCUT2D eigenvalue weighted by Crippen LogP contribution is 2.61. The Morgan fingerprint density at radius 2 is 1.88 bits per heavy atom. The lowest BCUT2D eigenvalue weighted by Crippen LogP contribution is -2.43. The molecule has 3 amide bonds. The van der Waals surface area contributed by atoms with Crippen molar-refractivity contribution in [3.8, 4) is 0 Å². The maximum absolute atomic E-state index is 13.1. The largest absolute Gasteiger partial charge is 0.354 e. The highest BCUT2D eigenvalue weighted by atomic mass is 19.1. The van der Waals surface area contributed by atoms with Crippen molar-refractivity contribution < 1.29 is 14.0 Å². The Hall–Kier alpha value is -2.11. The molecule has 2 aliphatic rings. The Bertz CT molecular complexity index is 633. The van der Waals surface area contributed by atoms with Crippen molar-refractivity contribution in [1.82, 2.24) is 15.5 Å². The Morgan fingerprint density at radius 3 is 2.54 bits per heavy atom. The molecule has 6 heteroatoms. The van der Waals surface area contributed by atoms with Gasteiger partial charge in [0.2, 0.25) is 5.91 Å². The van der Waals surface area contributed by atoms with Crippen molar-refractivity contribution in [3.63, 3.8) is 0 Å². The van der Waals surface area contributed by atoms with Gasteiger partial charge in [0.15, 0.2) is 0 Å². The molecular formula is C18H24FN3O2. The molecule has 3 rings (SSSR count). The molecule has 1 heterocycles. The number of nitrogens with zero attached hydrogens (tertiary/aromatic N) is 1. The zero-order valence-corrected chi connectivity index (χ0v) is 14.1. The second-order valence-corrected chi connectivity index (χ2v) is 7.33. The second kappa shape index (κ2) is 6.42. The maximum atomic E-state index is 13.1. The maximum Gasteiger partial charge on any atom is 0.317 e. The van der Waals surface area contributed by atoms with E-state index in [4.69, 9.17) is 0 Å². The number of hydrogen-bond donors (Lipinski definition) is 2. The summed E-state index contributed by atoms with van der Waals surface area (Å²) in [4.78, 5) is 25.7. The van der Waals surface area contributed by atoms with Crippen molar-refractivity contribution in [2.75, 3.05) is 26.2 Å². The number of halogens is 1. The fourth-order valence-electron chi connectivity index (χ4n) is 3.68. The molecule has 2 atom stereocenters. The van der Waals surface area contributed by atoms with E-state index in [0.29, 0.717) is 35.9 Å². The molecule has 0 bridgehead atoms. The van der Waals surface area contributed by atoms with Crippen LogP contribution in [0.5, 0.6) is 0 Å². The quantitative estimate of drug-likeness (QED) is 0.807. The summed E-state index contributed by atoms with van der Waals surface area (Å²) >= 11 is 0. The topological polar surface area (TPSA) is 61.4 Å². The third kappa shape index (κ3) is 3.52. The summed E-state index contributed by atoms with van der Waals surface area (Å²) in [7, 11) is 0. The van der Waals surface area contributed by atoms with Gasteiger partial charge in [-0.05, 0) is 34.9 Å². The van der Waals surface area contributed by atoms with Crippen LogP contribution in [0.2, 0.25) is 0 Å². The Balaban J connectivity index is 1.31. The normalized spacial score (nSPS) is 23.5. The van der Waals surface area contributed by atoms with Gasteiger partial charge in [-0.1, -0.05) is 26.0 Å². The molecular weight excluding hydrogens is 309 g/mol. The van der Waals surface area contributed by atoms with Crippen LogP contribution in [0.15, 0.2) is 24.3 Å². The summed E-state index contributed by atoms with van der Waals surface area (Å²) in [6.45, 7) is 6.93. The van der Waals surface area contributed by atoms with Gasteiger partial charge in [-0.3, -0.25) is 4.79 Å². The molecule has 24 heavy (non-hydrogen) atoms. The number of carbonyl (C=O) groups excluding carboxylic acids is 2. The van der Waals surface area contributed by atoms with Crippen LogP contribution in [0.3, 0.4) is 0 Å². The van der Waals surface area contributed by atoms with Gasteiger partial charge < -0.3 is 15.5 Å². The fraction of sp³-hybridized carbons (Fsp3) is 0.556. The number of nitrogens with one attached hydrogen (secondary N) is 2. The number of likely N-dealkylation sites (tertiary alicyclic amines) is 1. The first-order chi connectivity index (χ1) is 11.4. The van der Waals surface area contributed by atoms with Crippen molar-refractivity contribution >= 4 is 11.9 Å². The average molecular weight is 333 g/mol. The van der Waals surface area contributed by atoms with Crippen molar-refractivity contribution in [1.29, 1.82) is 0 Å². The number of urea groups is 1.